The Morgan fingerprint density at radius 1 is 1.07 bits per heavy atom. The lowest BCUT2D eigenvalue weighted by molar-refractivity contribution is 0.477. The number of sulfonamides is 1. The minimum atomic E-state index is -3.57. The Bertz CT molecular complexity index is 1170. The van der Waals surface area contributed by atoms with Gasteiger partial charge in [-0.25, -0.2) is 22.3 Å². The predicted octanol–water partition coefficient (Wildman–Crippen LogP) is 1.95. The first-order chi connectivity index (χ1) is 12.9. The van der Waals surface area contributed by atoms with E-state index in [4.69, 9.17) is 0 Å². The van der Waals surface area contributed by atoms with Crippen molar-refractivity contribution >= 4 is 15.7 Å². The Morgan fingerprint density at radius 3 is 2.56 bits per heavy atom. The summed E-state index contributed by atoms with van der Waals surface area (Å²) in [6, 6.07) is 9.20. The number of nitrogens with zero attached hydrogens (tertiary/aromatic N) is 4. The first-order valence-electron chi connectivity index (χ1n) is 9.02. The molecule has 0 spiro atoms. The third-order valence-electron chi connectivity index (χ3n) is 5.08. The molecular weight excluding hydrogens is 364 g/mol. The first kappa shape index (κ1) is 17.9. The Balaban J connectivity index is 1.74. The van der Waals surface area contributed by atoms with Crippen LogP contribution in [0.25, 0.3) is 5.65 Å². The molecule has 1 saturated heterocycles. The molecule has 1 aliphatic heterocycles. The van der Waals surface area contributed by atoms with Crippen molar-refractivity contribution in [3.63, 3.8) is 0 Å². The van der Waals surface area contributed by atoms with Gasteiger partial charge < -0.3 is 0 Å². The average molecular weight is 386 g/mol. The molecule has 0 amide bonds. The molecule has 0 radical (unpaired) electrons. The number of pyridine rings is 1. The van der Waals surface area contributed by atoms with Gasteiger partial charge in [0.2, 0.25) is 10.0 Å². The molecule has 2 aromatic heterocycles. The van der Waals surface area contributed by atoms with Crippen LogP contribution in [0.4, 0.5) is 0 Å². The van der Waals surface area contributed by atoms with Crippen molar-refractivity contribution in [1.29, 1.82) is 0 Å². The van der Waals surface area contributed by atoms with Crippen LogP contribution in [0.3, 0.4) is 0 Å². The number of aryl methyl sites for hydroxylation is 2. The van der Waals surface area contributed by atoms with E-state index >= 15 is 0 Å². The molecule has 0 bridgehead atoms. The summed E-state index contributed by atoms with van der Waals surface area (Å²) < 4.78 is 29.7. The van der Waals surface area contributed by atoms with Gasteiger partial charge in [0.1, 0.15) is 0 Å². The van der Waals surface area contributed by atoms with Crippen LogP contribution >= 0.6 is 0 Å². The Hall–Kier alpha value is -2.45. The summed E-state index contributed by atoms with van der Waals surface area (Å²) in [5.74, 6) is 0. The lowest BCUT2D eigenvalue weighted by Crippen LogP contribution is -2.28. The smallest absolute Gasteiger partial charge is 0.249 e. The van der Waals surface area contributed by atoms with Gasteiger partial charge in [-0.3, -0.25) is 0 Å². The molecule has 7 nitrogen and oxygen atoms in total. The second-order valence-corrected chi connectivity index (χ2v) is 9.01. The standard InChI is InChI=1S/C19H22N4O3S/c1-14-5-6-15(2)16(11-14)12-23-19(24)22-13-17(7-8-18(22)20-23)27(25,26)21-9-3-4-10-21/h5-8,11,13H,3-4,9-10,12H2,1-2H3. The summed E-state index contributed by atoms with van der Waals surface area (Å²) in [7, 11) is -3.57. The molecule has 27 heavy (non-hydrogen) atoms. The Labute approximate surface area is 157 Å². The topological polar surface area (TPSA) is 76.7 Å². The van der Waals surface area contributed by atoms with Gasteiger partial charge in [-0.05, 0) is 49.9 Å². The molecule has 0 saturated carbocycles. The van der Waals surface area contributed by atoms with Crippen LogP contribution in [0.15, 0.2) is 46.2 Å². The van der Waals surface area contributed by atoms with Gasteiger partial charge in [0.15, 0.2) is 5.65 Å². The van der Waals surface area contributed by atoms with E-state index in [9.17, 15) is 13.2 Å². The number of hydrogen-bond donors (Lipinski definition) is 0. The highest BCUT2D eigenvalue weighted by Crippen LogP contribution is 2.20. The van der Waals surface area contributed by atoms with Crippen molar-refractivity contribution in [2.75, 3.05) is 13.1 Å². The normalized spacial score (nSPS) is 15.6. The van der Waals surface area contributed by atoms with Crippen molar-refractivity contribution in [3.8, 4) is 0 Å². The molecule has 142 valence electrons. The van der Waals surface area contributed by atoms with Gasteiger partial charge in [-0.2, -0.15) is 4.31 Å². The summed E-state index contributed by atoms with van der Waals surface area (Å²) in [6.07, 6.45) is 3.13. The van der Waals surface area contributed by atoms with Gasteiger partial charge in [-0.1, -0.05) is 23.8 Å². The molecule has 1 aliphatic rings. The molecule has 0 atom stereocenters. The maximum atomic E-state index is 12.8. The van der Waals surface area contributed by atoms with Crippen molar-refractivity contribution in [1.82, 2.24) is 18.5 Å². The van der Waals surface area contributed by atoms with Crippen molar-refractivity contribution in [2.45, 2.75) is 38.1 Å². The highest BCUT2D eigenvalue weighted by molar-refractivity contribution is 7.89. The SMILES string of the molecule is Cc1ccc(C)c(Cn2nc3ccc(S(=O)(=O)N4CCCC4)cn3c2=O)c1. The van der Waals surface area contributed by atoms with E-state index < -0.39 is 10.0 Å². The average Bonchev–Trinajstić information content (AvgIpc) is 3.28. The van der Waals surface area contributed by atoms with Crippen molar-refractivity contribution in [2.24, 2.45) is 0 Å². The maximum Gasteiger partial charge on any atom is 0.350 e. The minimum Gasteiger partial charge on any atom is -0.249 e. The Kier molecular flexibility index (Phi) is 4.39. The molecule has 4 rings (SSSR count). The van der Waals surface area contributed by atoms with Crippen LogP contribution in [0.5, 0.6) is 0 Å². The van der Waals surface area contributed by atoms with Crippen LogP contribution in [0.1, 0.15) is 29.5 Å². The fourth-order valence-electron chi connectivity index (χ4n) is 3.46. The number of aromatic nitrogens is 3. The lowest BCUT2D eigenvalue weighted by atomic mass is 10.1. The zero-order valence-corrected chi connectivity index (χ0v) is 16.2. The van der Waals surface area contributed by atoms with Crippen LogP contribution in [0.2, 0.25) is 0 Å². The van der Waals surface area contributed by atoms with Crippen LogP contribution < -0.4 is 5.69 Å². The van der Waals surface area contributed by atoms with Crippen LogP contribution in [0, 0.1) is 13.8 Å². The Morgan fingerprint density at radius 2 is 1.81 bits per heavy atom. The van der Waals surface area contributed by atoms with Crippen LogP contribution in [-0.2, 0) is 16.6 Å². The predicted molar refractivity (Wildman–Crippen MR) is 102 cm³/mol. The van der Waals surface area contributed by atoms with E-state index in [0.29, 0.717) is 25.3 Å². The molecule has 3 heterocycles. The van der Waals surface area contributed by atoms with Crippen molar-refractivity contribution < 1.29 is 8.42 Å². The number of rotatable bonds is 4. The van der Waals surface area contributed by atoms with Gasteiger partial charge >= 0.3 is 5.69 Å². The van der Waals surface area contributed by atoms with E-state index in [2.05, 4.69) is 5.10 Å². The van der Waals surface area contributed by atoms with Crippen LogP contribution in [-0.4, -0.2) is 40.0 Å². The summed E-state index contributed by atoms with van der Waals surface area (Å²) in [5, 5.41) is 4.36. The molecular formula is C19H22N4O3S. The van der Waals surface area contributed by atoms with Gasteiger partial charge in [-0.15, -0.1) is 5.10 Å². The summed E-state index contributed by atoms with van der Waals surface area (Å²) in [6.45, 7) is 5.41. The van der Waals surface area contributed by atoms with E-state index in [1.54, 1.807) is 6.07 Å². The largest absolute Gasteiger partial charge is 0.350 e. The third-order valence-corrected chi connectivity index (χ3v) is 6.96. The van der Waals surface area contributed by atoms with Gasteiger partial charge in [0, 0.05) is 19.3 Å². The lowest BCUT2D eigenvalue weighted by Gasteiger charge is -2.15. The molecule has 8 heteroatoms. The third kappa shape index (κ3) is 3.19. The second-order valence-electron chi connectivity index (χ2n) is 7.07. The first-order valence-corrected chi connectivity index (χ1v) is 10.5. The summed E-state index contributed by atoms with van der Waals surface area (Å²) >= 11 is 0. The van der Waals surface area contributed by atoms with E-state index in [1.165, 1.54) is 25.7 Å². The molecule has 0 N–H and O–H groups in total. The quantitative estimate of drug-likeness (QED) is 0.687. The fraction of sp³-hybridized carbons (Fsp3) is 0.368. The van der Waals surface area contributed by atoms with Gasteiger partial charge in [0.25, 0.3) is 0 Å². The molecule has 1 fully saturated rings. The zero-order chi connectivity index (χ0) is 19.2. The highest BCUT2D eigenvalue weighted by atomic mass is 32.2. The van der Waals surface area contributed by atoms with Crippen molar-refractivity contribution in [3.05, 3.63) is 63.7 Å². The number of hydrogen-bond acceptors (Lipinski definition) is 4. The van der Waals surface area contributed by atoms with E-state index in [0.717, 1.165) is 29.5 Å². The monoisotopic (exact) mass is 386 g/mol. The molecule has 1 aromatic carbocycles. The second kappa shape index (κ2) is 6.61. The summed E-state index contributed by atoms with van der Waals surface area (Å²) in [5.41, 5.74) is 3.31. The molecule has 0 aliphatic carbocycles. The molecule has 0 unspecified atom stereocenters. The zero-order valence-electron chi connectivity index (χ0n) is 15.4. The number of fused-ring (bicyclic) bond motifs is 1. The fourth-order valence-corrected chi connectivity index (χ4v) is 4.98. The number of benzene rings is 1. The summed E-state index contributed by atoms with van der Waals surface area (Å²) in [4.78, 5) is 12.9. The maximum absolute atomic E-state index is 12.8. The van der Waals surface area contributed by atoms with E-state index in [-0.39, 0.29) is 10.6 Å². The minimum absolute atomic E-state index is 0.130. The highest BCUT2D eigenvalue weighted by Gasteiger charge is 2.27. The molecule has 3 aromatic rings. The van der Waals surface area contributed by atoms with Gasteiger partial charge in [0.05, 0.1) is 11.4 Å². The van der Waals surface area contributed by atoms with E-state index in [1.807, 2.05) is 32.0 Å².